The van der Waals surface area contributed by atoms with Crippen LogP contribution in [0.25, 0.3) is 10.8 Å². The molecule has 2 aliphatic heterocycles. The van der Waals surface area contributed by atoms with Gasteiger partial charge in [-0.05, 0) is 94.7 Å². The topological polar surface area (TPSA) is 203 Å². The Hall–Kier alpha value is -4.60. The zero-order valence-electron chi connectivity index (χ0n) is 31.6. The maximum atomic E-state index is 14.5. The van der Waals surface area contributed by atoms with Crippen LogP contribution in [-0.4, -0.2) is 95.5 Å². The number of allylic oxidation sites excluding steroid dienone is 1. The molecule has 15 nitrogen and oxygen atoms in total. The molecule has 4 N–H and O–H groups in total. The molecule has 16 heteroatoms. The number of sulfonamides is 1. The lowest BCUT2D eigenvalue weighted by Crippen LogP contribution is -2.59. The van der Waals surface area contributed by atoms with E-state index in [1.54, 1.807) is 32.2 Å². The first-order valence-corrected chi connectivity index (χ1v) is 20.1. The normalized spacial score (nSPS) is 30.2. The SMILES string of the molecule is COc1ccc2c(O[C@@H]3C[C@H]4C(=O)N[C@]5(C(=O)NS(=O)(=O)C6(C)CC6)C[C@H]5/C=C\CC[C@H](C)C[C@@H](C)[C@H](NC(=O)O)C(=O)N4C3)nc(OC(C)C)cc2c1. The van der Waals surface area contributed by atoms with E-state index in [4.69, 9.17) is 14.2 Å². The second kappa shape index (κ2) is 14.9. The van der Waals surface area contributed by atoms with Gasteiger partial charge in [0, 0.05) is 23.8 Å². The highest BCUT2D eigenvalue weighted by molar-refractivity contribution is 7.91. The molecule has 1 aromatic heterocycles. The van der Waals surface area contributed by atoms with Crippen molar-refractivity contribution in [1.82, 2.24) is 25.2 Å². The molecule has 0 spiro atoms. The van der Waals surface area contributed by atoms with Gasteiger partial charge in [-0.3, -0.25) is 19.1 Å². The number of carbonyl (C=O) groups is 4. The van der Waals surface area contributed by atoms with Gasteiger partial charge in [-0.25, -0.2) is 13.2 Å². The van der Waals surface area contributed by atoms with Crippen molar-refractivity contribution in [1.29, 1.82) is 0 Å². The third kappa shape index (κ3) is 8.08. The van der Waals surface area contributed by atoms with Gasteiger partial charge in [-0.15, -0.1) is 0 Å². The van der Waals surface area contributed by atoms with Gasteiger partial charge in [0.15, 0.2) is 0 Å². The minimum Gasteiger partial charge on any atom is -0.497 e. The van der Waals surface area contributed by atoms with Crippen molar-refractivity contribution in [3.63, 3.8) is 0 Å². The van der Waals surface area contributed by atoms with E-state index in [2.05, 4.69) is 20.3 Å². The van der Waals surface area contributed by atoms with Gasteiger partial charge < -0.3 is 34.9 Å². The number of ether oxygens (including phenoxy) is 3. The maximum Gasteiger partial charge on any atom is 0.405 e. The Labute approximate surface area is 315 Å². The summed E-state index contributed by atoms with van der Waals surface area (Å²) in [5, 5.41) is 16.4. The smallest absolute Gasteiger partial charge is 0.405 e. The maximum absolute atomic E-state index is 14.5. The second-order valence-electron chi connectivity index (χ2n) is 15.9. The average molecular weight is 770 g/mol. The van der Waals surface area contributed by atoms with E-state index in [1.165, 1.54) is 4.90 Å². The Morgan fingerprint density at radius 2 is 1.87 bits per heavy atom. The first-order chi connectivity index (χ1) is 25.4. The predicted molar refractivity (Wildman–Crippen MR) is 199 cm³/mol. The number of nitrogens with one attached hydrogen (secondary N) is 3. The van der Waals surface area contributed by atoms with E-state index in [0.717, 1.165) is 11.8 Å². The molecule has 6 rings (SSSR count). The van der Waals surface area contributed by atoms with Crippen molar-refractivity contribution in [3.8, 4) is 17.5 Å². The highest BCUT2D eigenvalue weighted by Crippen LogP contribution is 2.47. The van der Waals surface area contributed by atoms with E-state index in [-0.39, 0.29) is 37.3 Å². The number of rotatable bonds is 9. The van der Waals surface area contributed by atoms with E-state index >= 15 is 0 Å². The Balaban J connectivity index is 1.36. The fourth-order valence-electron chi connectivity index (χ4n) is 7.59. The lowest BCUT2D eigenvalue weighted by Gasteiger charge is -2.32. The molecule has 7 atom stereocenters. The number of hydrogen-bond donors (Lipinski definition) is 4. The van der Waals surface area contributed by atoms with Crippen LogP contribution >= 0.6 is 0 Å². The van der Waals surface area contributed by atoms with Crippen LogP contribution in [-0.2, 0) is 24.4 Å². The van der Waals surface area contributed by atoms with Crippen LogP contribution in [0.3, 0.4) is 0 Å². The van der Waals surface area contributed by atoms with Crippen molar-refractivity contribution >= 4 is 44.6 Å². The number of amides is 4. The molecule has 294 valence electrons. The summed E-state index contributed by atoms with van der Waals surface area (Å²) in [7, 11) is -2.46. The van der Waals surface area contributed by atoms with E-state index in [0.29, 0.717) is 42.7 Å². The summed E-state index contributed by atoms with van der Waals surface area (Å²) in [6.07, 6.45) is 4.31. The van der Waals surface area contributed by atoms with Crippen molar-refractivity contribution < 1.29 is 46.9 Å². The zero-order valence-corrected chi connectivity index (χ0v) is 32.4. The van der Waals surface area contributed by atoms with Crippen LogP contribution in [0.2, 0.25) is 0 Å². The second-order valence-corrected chi connectivity index (χ2v) is 18.1. The largest absolute Gasteiger partial charge is 0.497 e. The minimum atomic E-state index is -4.01. The molecule has 3 heterocycles. The first-order valence-electron chi connectivity index (χ1n) is 18.6. The molecular weight excluding hydrogens is 719 g/mol. The number of hydrogen-bond acceptors (Lipinski definition) is 10. The molecule has 2 aliphatic carbocycles. The van der Waals surface area contributed by atoms with Gasteiger partial charge in [0.1, 0.15) is 29.5 Å². The van der Waals surface area contributed by atoms with Crippen LogP contribution < -0.4 is 29.6 Å². The summed E-state index contributed by atoms with van der Waals surface area (Å²) in [4.78, 5) is 60.7. The number of aromatic nitrogens is 1. The van der Waals surface area contributed by atoms with Crippen molar-refractivity contribution in [2.75, 3.05) is 13.7 Å². The van der Waals surface area contributed by atoms with Crippen LogP contribution in [0.4, 0.5) is 4.79 Å². The zero-order chi connectivity index (χ0) is 39.2. The van der Waals surface area contributed by atoms with E-state index < -0.39 is 74.1 Å². The number of pyridine rings is 1. The summed E-state index contributed by atoms with van der Waals surface area (Å²) in [5.74, 6) is -1.79. The van der Waals surface area contributed by atoms with Crippen molar-refractivity contribution in [2.45, 2.75) is 114 Å². The standard InChI is InChI=1S/C38H51N5O10S/c1-21(2)52-30-17-24-16-26(51-6)11-12-28(24)33(39-30)53-27-18-29-32(44)41-38(35(46)42-54(49,50)37(5)13-14-37)19-25(38)10-8-7-9-22(3)15-23(4)31(40-36(47)48)34(45)43(29)20-27/h8,10-12,16-17,21-23,25,27,29,31,40H,7,9,13-15,18-20H2,1-6H3,(H,41,44)(H,42,46)(H,47,48)/b10-8-/t22-,23+,25+,27+,29-,31-,38+/m0/s1. The quantitative estimate of drug-likeness (QED) is 0.270. The van der Waals surface area contributed by atoms with Gasteiger partial charge in [0.2, 0.25) is 33.6 Å². The molecule has 4 aliphatic rings. The molecule has 0 bridgehead atoms. The number of methoxy groups -OCH3 is 1. The monoisotopic (exact) mass is 769 g/mol. The molecule has 2 saturated carbocycles. The Morgan fingerprint density at radius 3 is 2.54 bits per heavy atom. The summed E-state index contributed by atoms with van der Waals surface area (Å²) < 4.78 is 45.3. The van der Waals surface area contributed by atoms with Gasteiger partial charge >= 0.3 is 6.09 Å². The van der Waals surface area contributed by atoms with Gasteiger partial charge in [-0.1, -0.05) is 26.0 Å². The molecular formula is C38H51N5O10S. The molecule has 0 radical (unpaired) electrons. The molecule has 54 heavy (non-hydrogen) atoms. The Morgan fingerprint density at radius 1 is 1.13 bits per heavy atom. The first kappa shape index (κ1) is 39.1. The molecule has 3 fully saturated rings. The van der Waals surface area contributed by atoms with Crippen molar-refractivity contribution in [3.05, 3.63) is 36.4 Å². The van der Waals surface area contributed by atoms with Gasteiger partial charge in [0.05, 0.1) is 24.5 Å². The minimum absolute atomic E-state index is 0.0225. The predicted octanol–water partition coefficient (Wildman–Crippen LogP) is 3.90. The van der Waals surface area contributed by atoms with Crippen LogP contribution in [0.1, 0.15) is 79.6 Å². The molecule has 0 unspecified atom stereocenters. The van der Waals surface area contributed by atoms with Crippen LogP contribution in [0, 0.1) is 17.8 Å². The summed E-state index contributed by atoms with van der Waals surface area (Å²) >= 11 is 0. The summed E-state index contributed by atoms with van der Waals surface area (Å²) in [6.45, 7) is 9.04. The molecule has 4 amide bonds. The highest BCUT2D eigenvalue weighted by atomic mass is 32.2. The average Bonchev–Trinajstić information content (AvgIpc) is 3.98. The lowest BCUT2D eigenvalue weighted by atomic mass is 9.88. The number of nitrogens with zero attached hydrogens (tertiary/aromatic N) is 2. The fraction of sp³-hybridized carbons (Fsp3) is 0.605. The third-order valence-corrected chi connectivity index (χ3v) is 13.3. The van der Waals surface area contributed by atoms with Crippen molar-refractivity contribution in [2.24, 2.45) is 17.8 Å². The van der Waals surface area contributed by atoms with Crippen LogP contribution in [0.5, 0.6) is 17.5 Å². The molecule has 1 saturated heterocycles. The van der Waals surface area contributed by atoms with Crippen LogP contribution in [0.15, 0.2) is 36.4 Å². The fourth-order valence-corrected chi connectivity index (χ4v) is 8.90. The van der Waals surface area contributed by atoms with Gasteiger partial charge in [0.25, 0.3) is 5.91 Å². The molecule has 2 aromatic rings. The third-order valence-electron chi connectivity index (χ3n) is 11.1. The van der Waals surface area contributed by atoms with Gasteiger partial charge in [-0.2, -0.15) is 4.98 Å². The Bertz CT molecular complexity index is 1950. The summed E-state index contributed by atoms with van der Waals surface area (Å²) in [5.41, 5.74) is -1.56. The molecule has 1 aromatic carbocycles. The summed E-state index contributed by atoms with van der Waals surface area (Å²) in [6, 6.07) is 4.75. The lowest BCUT2D eigenvalue weighted by molar-refractivity contribution is -0.142. The highest BCUT2D eigenvalue weighted by Gasteiger charge is 2.63. The number of fused-ring (bicyclic) bond motifs is 3. The number of benzene rings is 1. The number of carboxylic acid groups (broad SMARTS) is 1. The van der Waals surface area contributed by atoms with E-state index in [9.17, 15) is 32.7 Å². The number of carbonyl (C=O) groups excluding carboxylic acids is 3. The van der Waals surface area contributed by atoms with E-state index in [1.807, 2.05) is 45.9 Å². The Kier molecular flexibility index (Phi) is 10.8.